The zero-order valence-corrected chi connectivity index (χ0v) is 23.9. The van der Waals surface area contributed by atoms with Gasteiger partial charge in [0.05, 0.1) is 34.8 Å². The van der Waals surface area contributed by atoms with E-state index in [2.05, 4.69) is 36.8 Å². The quantitative estimate of drug-likeness (QED) is 0.269. The molecular formula is C31H28F3N9O. The first-order valence-electron chi connectivity index (χ1n) is 14.0. The number of pyridine rings is 1. The van der Waals surface area contributed by atoms with Gasteiger partial charge < -0.3 is 10.2 Å². The third kappa shape index (κ3) is 5.71. The topological polar surface area (TPSA) is 116 Å². The summed E-state index contributed by atoms with van der Waals surface area (Å²) < 4.78 is 44.3. The van der Waals surface area contributed by atoms with Gasteiger partial charge in [0.15, 0.2) is 5.65 Å². The lowest BCUT2D eigenvalue weighted by Crippen LogP contribution is -2.45. The monoisotopic (exact) mass is 599 g/mol. The van der Waals surface area contributed by atoms with E-state index in [1.54, 1.807) is 60.4 Å². The average molecular weight is 600 g/mol. The van der Waals surface area contributed by atoms with Crippen molar-refractivity contribution in [2.24, 2.45) is 0 Å². The lowest BCUT2D eigenvalue weighted by molar-refractivity contribution is -0.137. The number of nitrogens with one attached hydrogen (secondary N) is 2. The minimum Gasteiger partial charge on any atom is -0.335 e. The van der Waals surface area contributed by atoms with Gasteiger partial charge in [0.1, 0.15) is 0 Å². The summed E-state index contributed by atoms with van der Waals surface area (Å²) in [6.45, 7) is 3.55. The Morgan fingerprint density at radius 3 is 2.55 bits per heavy atom. The predicted molar refractivity (Wildman–Crippen MR) is 158 cm³/mol. The van der Waals surface area contributed by atoms with Crippen molar-refractivity contribution in [1.82, 2.24) is 34.6 Å². The summed E-state index contributed by atoms with van der Waals surface area (Å²) in [5, 5.41) is 23.8. The number of anilines is 1. The number of amides is 2. The lowest BCUT2D eigenvalue weighted by atomic mass is 9.95. The van der Waals surface area contributed by atoms with Crippen molar-refractivity contribution in [1.29, 1.82) is 5.26 Å². The van der Waals surface area contributed by atoms with Crippen LogP contribution in [-0.2, 0) is 6.18 Å². The molecule has 6 rings (SSSR count). The number of alkyl halides is 3. The van der Waals surface area contributed by atoms with E-state index in [9.17, 15) is 23.2 Å². The summed E-state index contributed by atoms with van der Waals surface area (Å²) in [6.07, 6.45) is 0.419. The average Bonchev–Trinajstić information content (AvgIpc) is 3.64. The summed E-state index contributed by atoms with van der Waals surface area (Å²) in [5.41, 5.74) is 3.32. The Morgan fingerprint density at radius 2 is 1.84 bits per heavy atom. The number of fused-ring (bicyclic) bond motifs is 1. The Kier molecular flexibility index (Phi) is 7.52. The number of rotatable bonds is 5. The van der Waals surface area contributed by atoms with Crippen molar-refractivity contribution in [3.05, 3.63) is 83.7 Å². The molecule has 13 heteroatoms. The molecule has 1 fully saturated rings. The van der Waals surface area contributed by atoms with E-state index in [1.165, 1.54) is 10.6 Å². The van der Waals surface area contributed by atoms with Gasteiger partial charge in [-0.15, -0.1) is 5.10 Å². The molecule has 5 aromatic rings. The van der Waals surface area contributed by atoms with E-state index >= 15 is 0 Å². The maximum Gasteiger partial charge on any atom is 0.416 e. The molecule has 2 N–H and O–H groups in total. The van der Waals surface area contributed by atoms with Gasteiger partial charge in [-0.3, -0.25) is 5.32 Å². The summed E-state index contributed by atoms with van der Waals surface area (Å²) >= 11 is 0. The van der Waals surface area contributed by atoms with E-state index < -0.39 is 17.8 Å². The highest BCUT2D eigenvalue weighted by Crippen LogP contribution is 2.38. The summed E-state index contributed by atoms with van der Waals surface area (Å²) in [7, 11) is 2.03. The van der Waals surface area contributed by atoms with E-state index in [0.717, 1.165) is 38.1 Å². The third-order valence-corrected chi connectivity index (χ3v) is 7.80. The number of likely N-dealkylation sites (tertiary alicyclic amines) is 1. The van der Waals surface area contributed by atoms with E-state index in [-0.39, 0.29) is 17.6 Å². The number of piperidine rings is 1. The van der Waals surface area contributed by atoms with E-state index in [0.29, 0.717) is 39.2 Å². The smallest absolute Gasteiger partial charge is 0.335 e. The van der Waals surface area contributed by atoms with Crippen LogP contribution in [0.15, 0.2) is 67.0 Å². The molecule has 0 bridgehead atoms. The first kappa shape index (κ1) is 28.9. The molecular weight excluding hydrogens is 571 g/mol. The fourth-order valence-electron chi connectivity index (χ4n) is 5.48. The van der Waals surface area contributed by atoms with Crippen molar-refractivity contribution in [3.63, 3.8) is 0 Å². The molecule has 0 spiro atoms. The summed E-state index contributed by atoms with van der Waals surface area (Å²) in [6, 6.07) is 15.4. The molecule has 10 nitrogen and oxygen atoms in total. The van der Waals surface area contributed by atoms with Crippen LogP contribution in [-0.4, -0.2) is 61.5 Å². The molecule has 0 aliphatic carbocycles. The van der Waals surface area contributed by atoms with Gasteiger partial charge in [0, 0.05) is 23.4 Å². The van der Waals surface area contributed by atoms with Gasteiger partial charge in [-0.05, 0) is 93.5 Å². The fraction of sp³-hybridized carbons (Fsp3) is 0.258. The van der Waals surface area contributed by atoms with Gasteiger partial charge >= 0.3 is 12.2 Å². The van der Waals surface area contributed by atoms with Crippen LogP contribution in [0, 0.1) is 18.3 Å². The largest absolute Gasteiger partial charge is 0.416 e. The standard InChI is InChI=1S/C31H28F3N9O/c1-19-25(26-10-13-36-43(26)24-8-6-20(17-35)7-9-24)18-42-28(27(19)21-4-3-5-22(16-21)31(32,33)34)38-29(40-42)39-30(44)37-23-11-14-41(2)15-12-23/h3-10,13,16,18,23H,11-12,14-15H2,1-2H3,(H2,37,39,40,44). The van der Waals surface area contributed by atoms with Gasteiger partial charge in [0.2, 0.25) is 0 Å². The van der Waals surface area contributed by atoms with Crippen LogP contribution in [0.4, 0.5) is 23.9 Å². The Labute approximate surface area is 250 Å². The van der Waals surface area contributed by atoms with Gasteiger partial charge in [-0.1, -0.05) is 12.1 Å². The second-order valence-corrected chi connectivity index (χ2v) is 10.8. The SMILES string of the molecule is Cc1c(-c2ccnn2-c2ccc(C#N)cc2)cn2nc(NC(=O)NC3CCN(C)CC3)nc2c1-c1cccc(C(F)(F)F)c1. The molecule has 44 heavy (non-hydrogen) atoms. The zero-order chi connectivity index (χ0) is 31.0. The summed E-state index contributed by atoms with van der Waals surface area (Å²) in [5.74, 6) is 0.0146. The predicted octanol–water partition coefficient (Wildman–Crippen LogP) is 5.66. The zero-order valence-electron chi connectivity index (χ0n) is 23.9. The molecule has 224 valence electrons. The van der Waals surface area contributed by atoms with Crippen LogP contribution in [0.25, 0.3) is 33.7 Å². The highest BCUT2D eigenvalue weighted by atomic mass is 19.4. The van der Waals surface area contributed by atoms with Crippen LogP contribution >= 0.6 is 0 Å². The molecule has 1 saturated heterocycles. The molecule has 3 aromatic heterocycles. The molecule has 2 aromatic carbocycles. The minimum absolute atomic E-state index is 0.0141. The molecule has 2 amide bonds. The maximum absolute atomic E-state index is 13.7. The Bertz CT molecular complexity index is 1880. The van der Waals surface area contributed by atoms with Crippen molar-refractivity contribution < 1.29 is 18.0 Å². The number of halogens is 3. The van der Waals surface area contributed by atoms with Crippen LogP contribution in [0.2, 0.25) is 0 Å². The first-order chi connectivity index (χ1) is 21.1. The number of hydrogen-bond donors (Lipinski definition) is 2. The minimum atomic E-state index is -4.54. The van der Waals surface area contributed by atoms with Gasteiger partial charge in [-0.25, -0.2) is 14.0 Å². The highest BCUT2D eigenvalue weighted by Gasteiger charge is 2.31. The van der Waals surface area contributed by atoms with E-state index in [1.807, 2.05) is 7.05 Å². The molecule has 0 radical (unpaired) electrons. The number of nitrogens with zero attached hydrogens (tertiary/aromatic N) is 7. The number of carbonyl (C=O) groups excluding carboxylic acids is 1. The number of nitriles is 1. The Morgan fingerprint density at radius 1 is 1.09 bits per heavy atom. The lowest BCUT2D eigenvalue weighted by Gasteiger charge is -2.29. The molecule has 0 atom stereocenters. The second kappa shape index (κ2) is 11.5. The van der Waals surface area contributed by atoms with Crippen LogP contribution in [0.5, 0.6) is 0 Å². The Hall–Kier alpha value is -5.22. The number of urea groups is 1. The molecule has 0 unspecified atom stereocenters. The summed E-state index contributed by atoms with van der Waals surface area (Å²) in [4.78, 5) is 19.6. The molecule has 1 aliphatic rings. The third-order valence-electron chi connectivity index (χ3n) is 7.80. The molecule has 1 aliphatic heterocycles. The number of hydrogen-bond acceptors (Lipinski definition) is 6. The highest BCUT2D eigenvalue weighted by molar-refractivity contribution is 5.90. The molecule has 4 heterocycles. The normalized spacial score (nSPS) is 14.5. The fourth-order valence-corrected chi connectivity index (χ4v) is 5.48. The Balaban J connectivity index is 1.45. The van der Waals surface area contributed by atoms with Crippen molar-refractivity contribution in [2.75, 3.05) is 25.5 Å². The second-order valence-electron chi connectivity index (χ2n) is 10.8. The van der Waals surface area contributed by atoms with E-state index in [4.69, 9.17) is 0 Å². The maximum atomic E-state index is 13.7. The van der Waals surface area contributed by atoms with Crippen LogP contribution < -0.4 is 10.6 Å². The van der Waals surface area contributed by atoms with Crippen molar-refractivity contribution in [3.8, 4) is 34.1 Å². The first-order valence-corrected chi connectivity index (χ1v) is 14.0. The van der Waals surface area contributed by atoms with Crippen LogP contribution in [0.1, 0.15) is 29.5 Å². The molecule has 0 saturated carbocycles. The number of benzene rings is 2. The van der Waals surface area contributed by atoms with Gasteiger partial charge in [0.25, 0.3) is 5.95 Å². The number of carbonyl (C=O) groups is 1. The van der Waals surface area contributed by atoms with Gasteiger partial charge in [-0.2, -0.15) is 28.5 Å². The van der Waals surface area contributed by atoms with Crippen molar-refractivity contribution >= 4 is 17.6 Å². The van der Waals surface area contributed by atoms with Crippen LogP contribution in [0.3, 0.4) is 0 Å². The van der Waals surface area contributed by atoms with Crippen molar-refractivity contribution in [2.45, 2.75) is 32.0 Å². The number of aromatic nitrogens is 5.